The van der Waals surface area contributed by atoms with Crippen LogP contribution >= 0.6 is 0 Å². The molecule has 2 heterocycles. The minimum absolute atomic E-state index is 0.261. The lowest BCUT2D eigenvalue weighted by Gasteiger charge is -2.39. The van der Waals surface area contributed by atoms with Crippen molar-refractivity contribution < 1.29 is 0 Å². The van der Waals surface area contributed by atoms with E-state index in [2.05, 4.69) is 48.8 Å². The standard InChI is InChI=1S/C26H42N2/c1-26(2,3)24-10-7-22-8-11-25(12-9-23(22)19-24)28-17-13-21(14-18-28)20-27-15-5-4-6-16-27/h7,10,19,21,25H,4-6,8-9,11-18,20H2,1-3H3. The number of hydrogen-bond acceptors (Lipinski definition) is 2. The molecule has 4 rings (SSSR count). The molecule has 156 valence electrons. The van der Waals surface area contributed by atoms with Gasteiger partial charge in [0.1, 0.15) is 0 Å². The van der Waals surface area contributed by atoms with E-state index in [1.807, 2.05) is 0 Å². The molecule has 2 saturated heterocycles. The second kappa shape index (κ2) is 8.88. The van der Waals surface area contributed by atoms with E-state index >= 15 is 0 Å². The van der Waals surface area contributed by atoms with Crippen LogP contribution in [0.5, 0.6) is 0 Å². The second-order valence-corrected chi connectivity index (χ2v) is 10.8. The Kier molecular flexibility index (Phi) is 6.47. The van der Waals surface area contributed by atoms with E-state index in [0.717, 1.165) is 12.0 Å². The molecule has 1 aromatic carbocycles. The van der Waals surface area contributed by atoms with Gasteiger partial charge in [-0.3, -0.25) is 0 Å². The first-order valence-corrected chi connectivity index (χ1v) is 12.1. The Labute approximate surface area is 173 Å². The normalized spacial score (nSPS) is 26.0. The van der Waals surface area contributed by atoms with E-state index in [1.165, 1.54) is 96.1 Å². The van der Waals surface area contributed by atoms with Gasteiger partial charge in [-0.15, -0.1) is 0 Å². The van der Waals surface area contributed by atoms with Gasteiger partial charge in [0.15, 0.2) is 0 Å². The van der Waals surface area contributed by atoms with Crippen molar-refractivity contribution in [2.45, 2.75) is 90.0 Å². The molecule has 2 aliphatic heterocycles. The molecule has 0 N–H and O–H groups in total. The second-order valence-electron chi connectivity index (χ2n) is 10.8. The van der Waals surface area contributed by atoms with Gasteiger partial charge in [0.25, 0.3) is 0 Å². The van der Waals surface area contributed by atoms with E-state index in [0.29, 0.717) is 0 Å². The summed E-state index contributed by atoms with van der Waals surface area (Å²) in [5.74, 6) is 0.951. The summed E-state index contributed by atoms with van der Waals surface area (Å²) in [7, 11) is 0. The highest BCUT2D eigenvalue weighted by Gasteiger charge is 2.28. The zero-order valence-corrected chi connectivity index (χ0v) is 18.7. The first-order valence-electron chi connectivity index (χ1n) is 12.1. The first kappa shape index (κ1) is 20.4. The maximum atomic E-state index is 2.85. The summed E-state index contributed by atoms with van der Waals surface area (Å²) in [4.78, 5) is 5.60. The van der Waals surface area contributed by atoms with Crippen molar-refractivity contribution in [1.29, 1.82) is 0 Å². The Balaban J connectivity index is 1.29. The lowest BCUT2D eigenvalue weighted by molar-refractivity contribution is 0.0969. The number of piperidine rings is 2. The minimum Gasteiger partial charge on any atom is -0.303 e. The molecule has 2 heteroatoms. The van der Waals surface area contributed by atoms with Crippen LogP contribution in [0.25, 0.3) is 0 Å². The van der Waals surface area contributed by atoms with Crippen LogP contribution in [-0.4, -0.2) is 48.6 Å². The monoisotopic (exact) mass is 382 g/mol. The van der Waals surface area contributed by atoms with E-state index in [9.17, 15) is 0 Å². The van der Waals surface area contributed by atoms with Crippen LogP contribution in [0.3, 0.4) is 0 Å². The van der Waals surface area contributed by atoms with E-state index < -0.39 is 0 Å². The number of likely N-dealkylation sites (tertiary alicyclic amines) is 2. The zero-order chi connectivity index (χ0) is 19.6. The molecule has 1 aromatic rings. The molecular weight excluding hydrogens is 340 g/mol. The van der Waals surface area contributed by atoms with Gasteiger partial charge in [0.05, 0.1) is 0 Å². The third-order valence-electron chi connectivity index (χ3n) is 7.70. The van der Waals surface area contributed by atoms with Crippen molar-refractivity contribution in [3.05, 3.63) is 34.9 Å². The first-order chi connectivity index (χ1) is 13.5. The number of aryl methyl sites for hydroxylation is 2. The average Bonchev–Trinajstić information content (AvgIpc) is 2.91. The summed E-state index contributed by atoms with van der Waals surface area (Å²) in [5.41, 5.74) is 5.02. The molecule has 0 aromatic heterocycles. The number of nitrogens with zero attached hydrogens (tertiary/aromatic N) is 2. The van der Waals surface area contributed by atoms with Gasteiger partial charge < -0.3 is 9.80 Å². The predicted molar refractivity (Wildman–Crippen MR) is 120 cm³/mol. The Hall–Kier alpha value is -0.860. The highest BCUT2D eigenvalue weighted by atomic mass is 15.2. The zero-order valence-electron chi connectivity index (χ0n) is 18.7. The Morgan fingerprint density at radius 3 is 2.18 bits per heavy atom. The molecule has 1 aliphatic carbocycles. The van der Waals surface area contributed by atoms with Gasteiger partial charge >= 0.3 is 0 Å². The Morgan fingerprint density at radius 2 is 1.50 bits per heavy atom. The molecular formula is C26H42N2. The fourth-order valence-corrected chi connectivity index (χ4v) is 5.73. The number of benzene rings is 1. The lowest BCUT2D eigenvalue weighted by atomic mass is 9.84. The van der Waals surface area contributed by atoms with Gasteiger partial charge in [-0.1, -0.05) is 45.4 Å². The van der Waals surface area contributed by atoms with Crippen LogP contribution in [0, 0.1) is 5.92 Å². The Morgan fingerprint density at radius 1 is 0.821 bits per heavy atom. The van der Waals surface area contributed by atoms with Crippen LogP contribution in [0.15, 0.2) is 18.2 Å². The summed E-state index contributed by atoms with van der Waals surface area (Å²) >= 11 is 0. The number of rotatable bonds is 3. The van der Waals surface area contributed by atoms with Gasteiger partial charge in [-0.25, -0.2) is 0 Å². The van der Waals surface area contributed by atoms with E-state index in [1.54, 1.807) is 11.1 Å². The molecule has 0 radical (unpaired) electrons. The SMILES string of the molecule is CC(C)(C)c1ccc2c(c1)CCC(N1CCC(CN3CCCCC3)CC1)CC2. The fourth-order valence-electron chi connectivity index (χ4n) is 5.73. The third kappa shape index (κ3) is 5.00. The summed E-state index contributed by atoms with van der Waals surface area (Å²) in [6.07, 6.45) is 12.4. The molecule has 0 amide bonds. The fraction of sp³-hybridized carbons (Fsp3) is 0.769. The van der Waals surface area contributed by atoms with Crippen LogP contribution in [0.4, 0.5) is 0 Å². The van der Waals surface area contributed by atoms with E-state index in [-0.39, 0.29) is 5.41 Å². The van der Waals surface area contributed by atoms with Gasteiger partial charge in [-0.2, -0.15) is 0 Å². The third-order valence-corrected chi connectivity index (χ3v) is 7.70. The van der Waals surface area contributed by atoms with Crippen molar-refractivity contribution in [3.63, 3.8) is 0 Å². The average molecular weight is 383 g/mol. The summed E-state index contributed by atoms with van der Waals surface area (Å²) in [6, 6.07) is 8.14. The van der Waals surface area contributed by atoms with Crippen molar-refractivity contribution in [3.8, 4) is 0 Å². The molecule has 1 unspecified atom stereocenters. The molecule has 0 bridgehead atoms. The lowest BCUT2D eigenvalue weighted by Crippen LogP contribution is -2.44. The molecule has 28 heavy (non-hydrogen) atoms. The van der Waals surface area contributed by atoms with Crippen molar-refractivity contribution in [2.24, 2.45) is 5.92 Å². The van der Waals surface area contributed by atoms with Crippen molar-refractivity contribution in [1.82, 2.24) is 9.80 Å². The van der Waals surface area contributed by atoms with Gasteiger partial charge in [0, 0.05) is 12.6 Å². The van der Waals surface area contributed by atoms with Crippen molar-refractivity contribution >= 4 is 0 Å². The molecule has 0 saturated carbocycles. The summed E-state index contributed by atoms with van der Waals surface area (Å²) in [6.45, 7) is 13.8. The van der Waals surface area contributed by atoms with Crippen LogP contribution < -0.4 is 0 Å². The van der Waals surface area contributed by atoms with E-state index in [4.69, 9.17) is 0 Å². The maximum absolute atomic E-state index is 2.85. The number of hydrogen-bond donors (Lipinski definition) is 0. The summed E-state index contributed by atoms with van der Waals surface area (Å²) < 4.78 is 0. The van der Waals surface area contributed by atoms with Crippen LogP contribution in [-0.2, 0) is 18.3 Å². The van der Waals surface area contributed by atoms with Gasteiger partial charge in [0.2, 0.25) is 0 Å². The molecule has 2 fully saturated rings. The maximum Gasteiger partial charge on any atom is 0.0102 e. The molecule has 2 nitrogen and oxygen atoms in total. The quantitative estimate of drug-likeness (QED) is 0.643. The van der Waals surface area contributed by atoms with Gasteiger partial charge in [-0.05, 0) is 106 Å². The van der Waals surface area contributed by atoms with Crippen LogP contribution in [0.1, 0.15) is 82.4 Å². The largest absolute Gasteiger partial charge is 0.303 e. The van der Waals surface area contributed by atoms with Crippen LogP contribution in [0.2, 0.25) is 0 Å². The molecule has 1 atom stereocenters. The highest BCUT2D eigenvalue weighted by molar-refractivity contribution is 5.36. The topological polar surface area (TPSA) is 6.48 Å². The molecule has 3 aliphatic rings. The summed E-state index contributed by atoms with van der Waals surface area (Å²) in [5, 5.41) is 0. The smallest absolute Gasteiger partial charge is 0.0102 e. The minimum atomic E-state index is 0.261. The number of fused-ring (bicyclic) bond motifs is 1. The predicted octanol–water partition coefficient (Wildman–Crippen LogP) is 5.43. The van der Waals surface area contributed by atoms with Crippen molar-refractivity contribution in [2.75, 3.05) is 32.7 Å². The highest BCUT2D eigenvalue weighted by Crippen LogP contribution is 2.31. The molecule has 0 spiro atoms. The Bertz CT molecular complexity index is 630.